The summed E-state index contributed by atoms with van der Waals surface area (Å²) in [7, 11) is 0. The molecule has 13 heteroatoms. The number of nitrogens with zero attached hydrogens (tertiary/aromatic N) is 4. The van der Waals surface area contributed by atoms with Crippen molar-refractivity contribution in [1.29, 1.82) is 0 Å². The second-order valence-corrected chi connectivity index (χ2v) is 9.65. The van der Waals surface area contributed by atoms with Crippen LogP contribution in [0.1, 0.15) is 36.5 Å². The summed E-state index contributed by atoms with van der Waals surface area (Å²) < 4.78 is 45.6. The third-order valence-electron chi connectivity index (χ3n) is 6.25. The first-order chi connectivity index (χ1) is 18.3. The van der Waals surface area contributed by atoms with Gasteiger partial charge in [-0.05, 0) is 38.1 Å². The molecule has 1 fully saturated rings. The standard InChI is InChI=1S/C26H26F3N5O5/c1-25(2,24(37)38)14-19(35)34-12-10-33(11-13-34)18-9-8-17(15-30-18)31-22(36)20-21(26(27,28)29)39-23(32-20)16-6-4-3-5-7-16/h3-9,15H,10-14H2,1-2H3,(H,31,36)(H,37,38). The number of carboxylic acid groups (broad SMARTS) is 1. The van der Waals surface area contributed by atoms with Crippen molar-refractivity contribution in [3.63, 3.8) is 0 Å². The second-order valence-electron chi connectivity index (χ2n) is 9.65. The van der Waals surface area contributed by atoms with Gasteiger partial charge in [0.15, 0.2) is 5.69 Å². The van der Waals surface area contributed by atoms with E-state index in [4.69, 9.17) is 4.42 Å². The van der Waals surface area contributed by atoms with Gasteiger partial charge in [-0.3, -0.25) is 14.4 Å². The van der Waals surface area contributed by atoms with Crippen LogP contribution >= 0.6 is 0 Å². The Kier molecular flexibility index (Phi) is 7.61. The molecule has 0 bridgehead atoms. The molecule has 1 aliphatic rings. The van der Waals surface area contributed by atoms with Crippen LogP contribution in [0.15, 0.2) is 53.1 Å². The monoisotopic (exact) mass is 545 g/mol. The Balaban J connectivity index is 1.40. The van der Waals surface area contributed by atoms with Gasteiger partial charge in [0.05, 0.1) is 17.3 Å². The summed E-state index contributed by atoms with van der Waals surface area (Å²) in [4.78, 5) is 48.1. The fourth-order valence-corrected chi connectivity index (χ4v) is 3.96. The normalized spacial score (nSPS) is 14.3. The van der Waals surface area contributed by atoms with E-state index >= 15 is 0 Å². The number of alkyl halides is 3. The zero-order valence-electron chi connectivity index (χ0n) is 21.2. The third-order valence-corrected chi connectivity index (χ3v) is 6.25. The lowest BCUT2D eigenvalue weighted by atomic mass is 9.89. The lowest BCUT2D eigenvalue weighted by Crippen LogP contribution is -2.50. The molecule has 2 amide bonds. The van der Waals surface area contributed by atoms with E-state index in [1.54, 1.807) is 29.2 Å². The summed E-state index contributed by atoms with van der Waals surface area (Å²) >= 11 is 0. The van der Waals surface area contributed by atoms with Crippen LogP contribution < -0.4 is 10.2 Å². The number of oxazole rings is 1. The van der Waals surface area contributed by atoms with E-state index in [-0.39, 0.29) is 23.9 Å². The second kappa shape index (κ2) is 10.8. The van der Waals surface area contributed by atoms with E-state index in [1.807, 2.05) is 4.90 Å². The summed E-state index contributed by atoms with van der Waals surface area (Å²) in [5.74, 6) is -3.66. The van der Waals surface area contributed by atoms with Crippen molar-refractivity contribution in [2.45, 2.75) is 26.4 Å². The van der Waals surface area contributed by atoms with Gasteiger partial charge in [0.1, 0.15) is 5.82 Å². The van der Waals surface area contributed by atoms with Gasteiger partial charge in [-0.15, -0.1) is 0 Å². The number of carbonyl (C=O) groups is 3. The number of nitrogens with one attached hydrogen (secondary N) is 1. The lowest BCUT2D eigenvalue weighted by Gasteiger charge is -2.36. The number of carbonyl (C=O) groups excluding carboxylic acids is 2. The predicted octanol–water partition coefficient (Wildman–Crippen LogP) is 4.16. The molecule has 3 heterocycles. The maximum Gasteiger partial charge on any atom is 0.452 e. The summed E-state index contributed by atoms with van der Waals surface area (Å²) in [5.41, 5.74) is -1.60. The summed E-state index contributed by atoms with van der Waals surface area (Å²) in [6.07, 6.45) is -3.73. The first-order valence-electron chi connectivity index (χ1n) is 12.0. The molecule has 0 radical (unpaired) electrons. The minimum Gasteiger partial charge on any atom is -0.481 e. The van der Waals surface area contributed by atoms with Crippen molar-refractivity contribution in [3.8, 4) is 11.5 Å². The minimum atomic E-state index is -4.93. The number of halogens is 3. The number of piperazine rings is 1. The summed E-state index contributed by atoms with van der Waals surface area (Å²) in [5, 5.41) is 11.6. The smallest absolute Gasteiger partial charge is 0.452 e. The number of benzene rings is 1. The number of carboxylic acids is 1. The molecule has 0 aliphatic carbocycles. The lowest BCUT2D eigenvalue weighted by molar-refractivity contribution is -0.153. The molecule has 0 unspecified atom stereocenters. The Morgan fingerprint density at radius 1 is 1.03 bits per heavy atom. The van der Waals surface area contributed by atoms with Crippen molar-refractivity contribution < 1.29 is 37.1 Å². The molecule has 1 aromatic carbocycles. The molecule has 1 aliphatic heterocycles. The molecule has 2 aromatic heterocycles. The van der Waals surface area contributed by atoms with Crippen LogP contribution in [-0.4, -0.2) is 63.9 Å². The molecular weight excluding hydrogens is 519 g/mol. The molecule has 2 N–H and O–H groups in total. The van der Waals surface area contributed by atoms with Gasteiger partial charge in [0.25, 0.3) is 5.91 Å². The third kappa shape index (κ3) is 6.36. The SMILES string of the molecule is CC(C)(CC(=O)N1CCN(c2ccc(NC(=O)c3nc(-c4ccccc4)oc3C(F)(F)F)cn2)CC1)C(=O)O. The number of aliphatic carboxylic acids is 1. The van der Waals surface area contributed by atoms with Crippen LogP contribution in [0.25, 0.3) is 11.5 Å². The number of hydrogen-bond donors (Lipinski definition) is 2. The van der Waals surface area contributed by atoms with Gasteiger partial charge in [0.2, 0.25) is 17.6 Å². The highest BCUT2D eigenvalue weighted by Gasteiger charge is 2.42. The zero-order chi connectivity index (χ0) is 28.4. The van der Waals surface area contributed by atoms with E-state index in [2.05, 4.69) is 15.3 Å². The Bertz CT molecular complexity index is 1350. The van der Waals surface area contributed by atoms with Gasteiger partial charge in [0, 0.05) is 38.2 Å². The van der Waals surface area contributed by atoms with Crippen LogP contribution in [0.5, 0.6) is 0 Å². The first kappa shape index (κ1) is 27.6. The molecule has 10 nitrogen and oxygen atoms in total. The number of amides is 2. The average molecular weight is 546 g/mol. The van der Waals surface area contributed by atoms with E-state index in [0.717, 1.165) is 0 Å². The van der Waals surface area contributed by atoms with E-state index in [1.165, 1.54) is 38.2 Å². The van der Waals surface area contributed by atoms with Gasteiger partial charge in [-0.25, -0.2) is 9.97 Å². The van der Waals surface area contributed by atoms with Crippen LogP contribution in [0.3, 0.4) is 0 Å². The number of rotatable bonds is 7. The van der Waals surface area contributed by atoms with Crippen molar-refractivity contribution in [1.82, 2.24) is 14.9 Å². The molecule has 206 valence electrons. The highest BCUT2D eigenvalue weighted by molar-refractivity contribution is 6.04. The maximum atomic E-state index is 13.5. The Morgan fingerprint density at radius 2 is 1.69 bits per heavy atom. The Morgan fingerprint density at radius 3 is 2.26 bits per heavy atom. The van der Waals surface area contributed by atoms with Crippen LogP contribution in [0, 0.1) is 5.41 Å². The van der Waals surface area contributed by atoms with Gasteiger partial charge in [-0.2, -0.15) is 13.2 Å². The van der Waals surface area contributed by atoms with Gasteiger partial charge >= 0.3 is 12.1 Å². The van der Waals surface area contributed by atoms with Gasteiger partial charge in [-0.1, -0.05) is 18.2 Å². The Labute approximate surface area is 221 Å². The minimum absolute atomic E-state index is 0.108. The number of hydrogen-bond acceptors (Lipinski definition) is 7. The molecule has 0 spiro atoms. The molecule has 1 saturated heterocycles. The number of anilines is 2. The quantitative estimate of drug-likeness (QED) is 0.453. The largest absolute Gasteiger partial charge is 0.481 e. The maximum absolute atomic E-state index is 13.5. The van der Waals surface area contributed by atoms with Gasteiger partial charge < -0.3 is 24.6 Å². The average Bonchev–Trinajstić information content (AvgIpc) is 3.36. The topological polar surface area (TPSA) is 129 Å². The highest BCUT2D eigenvalue weighted by atomic mass is 19.4. The summed E-state index contributed by atoms with van der Waals surface area (Å²) in [6, 6.07) is 11.0. The highest BCUT2D eigenvalue weighted by Crippen LogP contribution is 2.35. The van der Waals surface area contributed by atoms with Crippen molar-refractivity contribution in [2.75, 3.05) is 36.4 Å². The number of aromatic nitrogens is 2. The zero-order valence-corrected chi connectivity index (χ0v) is 21.2. The van der Waals surface area contributed by atoms with Crippen molar-refractivity contribution in [2.24, 2.45) is 5.41 Å². The molecule has 4 rings (SSSR count). The Hall–Kier alpha value is -4.42. The van der Waals surface area contributed by atoms with E-state index < -0.39 is 34.9 Å². The molecule has 39 heavy (non-hydrogen) atoms. The fourth-order valence-electron chi connectivity index (χ4n) is 3.96. The number of pyridine rings is 1. The predicted molar refractivity (Wildman–Crippen MR) is 134 cm³/mol. The van der Waals surface area contributed by atoms with E-state index in [9.17, 15) is 32.7 Å². The molecule has 0 saturated carbocycles. The van der Waals surface area contributed by atoms with Crippen molar-refractivity contribution >= 4 is 29.3 Å². The first-order valence-corrected chi connectivity index (χ1v) is 12.0. The molecule has 0 atom stereocenters. The van der Waals surface area contributed by atoms with Crippen LogP contribution in [0.2, 0.25) is 0 Å². The van der Waals surface area contributed by atoms with Crippen LogP contribution in [0.4, 0.5) is 24.7 Å². The summed E-state index contributed by atoms with van der Waals surface area (Å²) in [6.45, 7) is 4.67. The van der Waals surface area contributed by atoms with E-state index in [0.29, 0.717) is 37.6 Å². The molecular formula is C26H26F3N5O5. The van der Waals surface area contributed by atoms with Crippen LogP contribution in [-0.2, 0) is 15.8 Å². The molecule has 3 aromatic rings. The fraction of sp³-hybridized carbons (Fsp3) is 0.346. The van der Waals surface area contributed by atoms with Crippen molar-refractivity contribution in [3.05, 3.63) is 60.1 Å².